The number of methoxy groups -OCH3 is 1. The fourth-order valence-corrected chi connectivity index (χ4v) is 4.34. The highest BCUT2D eigenvalue weighted by Gasteiger charge is 2.42. The number of benzene rings is 2. The van der Waals surface area contributed by atoms with E-state index in [0.29, 0.717) is 12.2 Å². The average molecular weight is 548 g/mol. The van der Waals surface area contributed by atoms with Gasteiger partial charge in [0.1, 0.15) is 5.75 Å². The molecule has 3 rings (SSSR count). The summed E-state index contributed by atoms with van der Waals surface area (Å²) in [7, 11) is 1.45. The first-order valence-electron chi connectivity index (χ1n) is 12.6. The molecule has 2 amide bonds. The molecular weight excluding hydrogens is 515 g/mol. The van der Waals surface area contributed by atoms with Crippen LogP contribution in [0.1, 0.15) is 37.7 Å². The third-order valence-corrected chi connectivity index (χ3v) is 6.48. The molecule has 0 heterocycles. The van der Waals surface area contributed by atoms with Crippen LogP contribution in [0.2, 0.25) is 0 Å². The van der Waals surface area contributed by atoms with Gasteiger partial charge >= 0.3 is 12.1 Å². The minimum Gasteiger partial charge on any atom is -0.497 e. The topological polar surface area (TPSA) is 120 Å². The summed E-state index contributed by atoms with van der Waals surface area (Å²) in [5.41, 5.74) is 7.31. The van der Waals surface area contributed by atoms with Gasteiger partial charge in [-0.3, -0.25) is 9.59 Å². The number of hydrogen-bond acceptors (Lipinski definition) is 6. The molecule has 0 aliphatic heterocycles. The van der Waals surface area contributed by atoms with Gasteiger partial charge in [-0.25, -0.2) is 4.79 Å². The molecule has 1 aliphatic rings. The summed E-state index contributed by atoms with van der Waals surface area (Å²) in [6.45, 7) is 0. The quantitative estimate of drug-likeness (QED) is 0.220. The Morgan fingerprint density at radius 1 is 1.05 bits per heavy atom. The number of carbonyl (C=O) groups excluding carboxylic acids is 3. The van der Waals surface area contributed by atoms with Crippen molar-refractivity contribution in [2.75, 3.05) is 12.4 Å². The zero-order chi connectivity index (χ0) is 28.4. The molecule has 1 saturated carbocycles. The number of rotatable bonds is 11. The van der Waals surface area contributed by atoms with Gasteiger partial charge in [-0.1, -0.05) is 43.2 Å². The van der Waals surface area contributed by atoms with Crippen molar-refractivity contribution in [1.29, 1.82) is 0 Å². The van der Waals surface area contributed by atoms with E-state index in [1.807, 2.05) is 30.3 Å². The average Bonchev–Trinajstić information content (AvgIpc) is 3.46. The highest BCUT2D eigenvalue weighted by Crippen LogP contribution is 2.27. The molecular formula is C28H32F3N3O5. The van der Waals surface area contributed by atoms with Gasteiger partial charge in [0.2, 0.25) is 5.91 Å². The molecule has 1 fully saturated rings. The summed E-state index contributed by atoms with van der Waals surface area (Å²) >= 11 is 0. The molecule has 0 aromatic heterocycles. The molecule has 0 radical (unpaired) electrons. The number of amides is 2. The number of esters is 1. The zero-order valence-electron chi connectivity index (χ0n) is 21.5. The van der Waals surface area contributed by atoms with Crippen LogP contribution in [-0.2, 0) is 25.5 Å². The fraction of sp³-hybridized carbons (Fsp3) is 0.393. The summed E-state index contributed by atoms with van der Waals surface area (Å²) in [5.74, 6) is -4.57. The number of hydrogen-bond donors (Lipinski definition) is 3. The van der Waals surface area contributed by atoms with Crippen LogP contribution in [0.25, 0.3) is 0 Å². The Morgan fingerprint density at radius 2 is 1.69 bits per heavy atom. The van der Waals surface area contributed by atoms with Crippen molar-refractivity contribution < 1.29 is 37.0 Å². The van der Waals surface area contributed by atoms with Gasteiger partial charge < -0.3 is 25.8 Å². The summed E-state index contributed by atoms with van der Waals surface area (Å²) < 4.78 is 48.7. The van der Waals surface area contributed by atoms with Crippen LogP contribution in [0.15, 0.2) is 66.4 Å². The van der Waals surface area contributed by atoms with Gasteiger partial charge in [0.05, 0.1) is 19.2 Å². The number of carbonyl (C=O) groups is 3. The Balaban J connectivity index is 1.87. The van der Waals surface area contributed by atoms with Crippen LogP contribution >= 0.6 is 0 Å². The highest BCUT2D eigenvalue weighted by atomic mass is 19.4. The van der Waals surface area contributed by atoms with Crippen LogP contribution in [0.3, 0.4) is 0 Å². The van der Waals surface area contributed by atoms with Gasteiger partial charge in [-0.2, -0.15) is 13.2 Å². The number of aryl methyl sites for hydroxylation is 1. The molecule has 0 saturated heterocycles. The Morgan fingerprint density at radius 3 is 2.28 bits per heavy atom. The number of nitrogens with one attached hydrogen (secondary N) is 2. The van der Waals surface area contributed by atoms with Crippen molar-refractivity contribution >= 4 is 23.5 Å². The lowest BCUT2D eigenvalue weighted by atomic mass is 9.97. The first-order chi connectivity index (χ1) is 18.6. The van der Waals surface area contributed by atoms with E-state index in [9.17, 15) is 27.6 Å². The van der Waals surface area contributed by atoms with Crippen molar-refractivity contribution in [2.24, 2.45) is 11.7 Å². The van der Waals surface area contributed by atoms with E-state index in [1.165, 1.54) is 31.4 Å². The number of ether oxygens (including phenoxy) is 2. The predicted octanol–water partition coefficient (Wildman–Crippen LogP) is 4.26. The molecule has 0 unspecified atom stereocenters. The molecule has 2 aromatic rings. The van der Waals surface area contributed by atoms with E-state index < -0.39 is 41.8 Å². The number of anilines is 1. The minimum atomic E-state index is -5.34. The van der Waals surface area contributed by atoms with Crippen LogP contribution < -0.4 is 21.1 Å². The zero-order valence-corrected chi connectivity index (χ0v) is 21.5. The summed E-state index contributed by atoms with van der Waals surface area (Å²) in [5, 5.41) is 5.14. The summed E-state index contributed by atoms with van der Waals surface area (Å²) in [6, 6.07) is 13.4. The molecule has 11 heteroatoms. The Bertz CT molecular complexity index is 1150. The van der Waals surface area contributed by atoms with E-state index in [-0.39, 0.29) is 18.0 Å². The fourth-order valence-electron chi connectivity index (χ4n) is 4.34. The molecule has 8 nitrogen and oxygen atoms in total. The monoisotopic (exact) mass is 547 g/mol. The Kier molecular flexibility index (Phi) is 10.5. The smallest absolute Gasteiger partial charge is 0.491 e. The van der Waals surface area contributed by atoms with Crippen LogP contribution in [0.4, 0.5) is 18.9 Å². The molecule has 1 aliphatic carbocycles. The maximum absolute atomic E-state index is 13.0. The first-order valence-corrected chi connectivity index (χ1v) is 12.6. The van der Waals surface area contributed by atoms with Gasteiger partial charge in [0, 0.05) is 5.69 Å². The van der Waals surface area contributed by atoms with Crippen molar-refractivity contribution in [3.63, 3.8) is 0 Å². The summed E-state index contributed by atoms with van der Waals surface area (Å²) in [6.07, 6.45) is -0.164. The van der Waals surface area contributed by atoms with Gasteiger partial charge in [0.15, 0.2) is 5.76 Å². The van der Waals surface area contributed by atoms with E-state index in [4.69, 9.17) is 10.5 Å². The highest BCUT2D eigenvalue weighted by molar-refractivity contribution is 6.04. The first kappa shape index (κ1) is 29.7. The largest absolute Gasteiger partial charge is 0.497 e. The third-order valence-electron chi connectivity index (χ3n) is 6.48. The maximum Gasteiger partial charge on any atom is 0.491 e. The molecule has 0 spiro atoms. The van der Waals surface area contributed by atoms with E-state index in [1.54, 1.807) is 0 Å². The van der Waals surface area contributed by atoms with Crippen molar-refractivity contribution in [2.45, 2.75) is 56.8 Å². The molecule has 2 atom stereocenters. The van der Waals surface area contributed by atoms with Crippen LogP contribution in [0, 0.1) is 5.92 Å². The number of alkyl halides is 3. The lowest BCUT2D eigenvalue weighted by molar-refractivity contribution is -0.195. The standard InChI is InChI=1S/C28H32F3N3O5/c1-38-22-15-13-20(14-16-22)33-25(35)23(39-27(37)28(29,30)31)17-21(12-11-18-7-3-2-4-8-18)34-26(36)24(32)19-9-5-6-10-19/h2-4,7-8,13-17,19,21,24H,5-6,9-12,32H2,1H3,(H,33,35)(H,34,36)/b23-17+/t21-,24-/m0/s1. The van der Waals surface area contributed by atoms with E-state index in [0.717, 1.165) is 37.3 Å². The second-order valence-electron chi connectivity index (χ2n) is 9.31. The lowest BCUT2D eigenvalue weighted by Crippen LogP contribution is -2.48. The Labute approximate surface area is 224 Å². The number of nitrogens with two attached hydrogens (primary N) is 1. The van der Waals surface area contributed by atoms with Crippen molar-refractivity contribution in [3.05, 3.63) is 72.0 Å². The van der Waals surface area contributed by atoms with Gasteiger partial charge in [0.25, 0.3) is 5.91 Å². The van der Waals surface area contributed by atoms with E-state index >= 15 is 0 Å². The second-order valence-corrected chi connectivity index (χ2v) is 9.31. The lowest BCUT2D eigenvalue weighted by Gasteiger charge is -2.23. The van der Waals surface area contributed by atoms with Crippen molar-refractivity contribution in [3.8, 4) is 5.75 Å². The summed E-state index contributed by atoms with van der Waals surface area (Å²) in [4.78, 5) is 37.6. The van der Waals surface area contributed by atoms with Crippen molar-refractivity contribution in [1.82, 2.24) is 5.32 Å². The van der Waals surface area contributed by atoms with Gasteiger partial charge in [-0.15, -0.1) is 0 Å². The van der Waals surface area contributed by atoms with E-state index in [2.05, 4.69) is 15.4 Å². The van der Waals surface area contributed by atoms with Gasteiger partial charge in [-0.05, 0) is 67.5 Å². The maximum atomic E-state index is 13.0. The third kappa shape index (κ3) is 9.13. The predicted molar refractivity (Wildman–Crippen MR) is 138 cm³/mol. The molecule has 210 valence electrons. The van der Waals surface area contributed by atoms with Crippen LogP contribution in [0.5, 0.6) is 5.75 Å². The molecule has 4 N–H and O–H groups in total. The van der Waals surface area contributed by atoms with Crippen LogP contribution in [-0.4, -0.2) is 43.2 Å². The SMILES string of the molecule is COc1ccc(NC(=O)/C(=C\[C@H](CCc2ccccc2)NC(=O)[C@@H](N)C2CCCC2)OC(=O)C(F)(F)F)cc1. The second kappa shape index (κ2) is 13.8. The normalized spacial score (nSPS) is 15.8. The molecule has 0 bridgehead atoms. The number of halogens is 3. The molecule has 2 aromatic carbocycles. The minimum absolute atomic E-state index is 0.00958. The Hall–Kier alpha value is -3.86. The molecule has 39 heavy (non-hydrogen) atoms.